The minimum atomic E-state index is -0.247. The molecule has 0 aliphatic carbocycles. The van der Waals surface area contributed by atoms with Gasteiger partial charge in [0, 0.05) is 38.4 Å². The van der Waals surface area contributed by atoms with Crippen LogP contribution < -0.4 is 0 Å². The van der Waals surface area contributed by atoms with E-state index >= 15 is 0 Å². The van der Waals surface area contributed by atoms with Gasteiger partial charge in [-0.3, -0.25) is 14.5 Å². The number of hydrogen-bond donors (Lipinski definition) is 0. The van der Waals surface area contributed by atoms with Crippen LogP contribution in [0, 0.1) is 0 Å². The lowest BCUT2D eigenvalue weighted by molar-refractivity contribution is -0.138. The minimum Gasteiger partial charge on any atom is -0.368 e. The number of aromatic nitrogens is 5. The molecule has 5 rings (SSSR count). The summed E-state index contributed by atoms with van der Waals surface area (Å²) in [6.45, 7) is 1.57. The number of ether oxygens (including phenoxy) is 1. The molecule has 1 amide bonds. The number of amides is 1. The number of fused-ring (bicyclic) bond motifs is 1. The van der Waals surface area contributed by atoms with Crippen LogP contribution in [0.25, 0.3) is 16.6 Å². The summed E-state index contributed by atoms with van der Waals surface area (Å²) in [6.07, 6.45) is 9.32. The van der Waals surface area contributed by atoms with Crippen molar-refractivity contribution in [2.45, 2.75) is 12.5 Å². The number of pyridine rings is 2. The van der Waals surface area contributed by atoms with Crippen molar-refractivity contribution in [3.8, 4) is 11.1 Å². The van der Waals surface area contributed by atoms with Gasteiger partial charge in [0.2, 0.25) is 5.91 Å². The molecule has 5 heterocycles. The Morgan fingerprint density at radius 3 is 2.83 bits per heavy atom. The van der Waals surface area contributed by atoms with Gasteiger partial charge in [0.05, 0.1) is 42.8 Å². The van der Waals surface area contributed by atoms with E-state index in [4.69, 9.17) is 4.74 Å². The Balaban J connectivity index is 1.35. The van der Waals surface area contributed by atoms with Crippen LogP contribution in [0.2, 0.25) is 0 Å². The molecule has 8 heteroatoms. The van der Waals surface area contributed by atoms with Crippen molar-refractivity contribution in [3.05, 3.63) is 72.8 Å². The van der Waals surface area contributed by atoms with Crippen LogP contribution in [-0.4, -0.2) is 54.7 Å². The molecule has 0 unspecified atom stereocenters. The maximum Gasteiger partial charge on any atom is 0.228 e. The fourth-order valence-corrected chi connectivity index (χ4v) is 3.85. The van der Waals surface area contributed by atoms with Gasteiger partial charge in [0.15, 0.2) is 0 Å². The Morgan fingerprint density at radius 2 is 2.03 bits per heavy atom. The van der Waals surface area contributed by atoms with Crippen LogP contribution in [0.4, 0.5) is 0 Å². The van der Waals surface area contributed by atoms with Crippen molar-refractivity contribution in [1.29, 1.82) is 0 Å². The summed E-state index contributed by atoms with van der Waals surface area (Å²) in [5.41, 5.74) is 4.80. The molecule has 30 heavy (non-hydrogen) atoms. The monoisotopic (exact) mass is 402 g/mol. The van der Waals surface area contributed by atoms with E-state index < -0.39 is 0 Å². The van der Waals surface area contributed by atoms with E-state index in [0.29, 0.717) is 26.1 Å². The molecule has 0 bridgehead atoms. The molecule has 1 saturated heterocycles. The molecule has 4 aromatic heterocycles. The SMILES string of the molecule is Cn1ccc(CC(=O)N2CCO[C@H](c3ncn4cc(-c5ccncc5)ccc34)C2)n1. The Bertz CT molecular complexity index is 1180. The van der Waals surface area contributed by atoms with Crippen molar-refractivity contribution in [1.82, 2.24) is 29.0 Å². The lowest BCUT2D eigenvalue weighted by Crippen LogP contribution is -2.43. The summed E-state index contributed by atoms with van der Waals surface area (Å²) >= 11 is 0. The maximum absolute atomic E-state index is 12.7. The van der Waals surface area contributed by atoms with Crippen LogP contribution in [0.1, 0.15) is 17.5 Å². The molecule has 1 aliphatic rings. The van der Waals surface area contributed by atoms with Crippen LogP contribution >= 0.6 is 0 Å². The average molecular weight is 402 g/mol. The first-order valence-electron chi connectivity index (χ1n) is 9.92. The summed E-state index contributed by atoms with van der Waals surface area (Å²) in [5, 5.41) is 4.31. The highest BCUT2D eigenvalue weighted by molar-refractivity contribution is 5.78. The molecule has 1 aliphatic heterocycles. The fourth-order valence-electron chi connectivity index (χ4n) is 3.85. The Labute approximate surface area is 173 Å². The van der Waals surface area contributed by atoms with Gasteiger partial charge < -0.3 is 14.0 Å². The second kappa shape index (κ2) is 7.72. The van der Waals surface area contributed by atoms with E-state index in [1.54, 1.807) is 23.4 Å². The van der Waals surface area contributed by atoms with Crippen molar-refractivity contribution in [2.24, 2.45) is 7.05 Å². The van der Waals surface area contributed by atoms with E-state index in [0.717, 1.165) is 28.0 Å². The van der Waals surface area contributed by atoms with Gasteiger partial charge in [-0.1, -0.05) is 6.07 Å². The summed E-state index contributed by atoms with van der Waals surface area (Å²) in [5.74, 6) is 0.0606. The van der Waals surface area contributed by atoms with E-state index in [2.05, 4.69) is 27.2 Å². The third-order valence-corrected chi connectivity index (χ3v) is 5.40. The van der Waals surface area contributed by atoms with Crippen molar-refractivity contribution in [3.63, 3.8) is 0 Å². The molecular weight excluding hydrogens is 380 g/mol. The predicted molar refractivity (Wildman–Crippen MR) is 111 cm³/mol. The van der Waals surface area contributed by atoms with Gasteiger partial charge in [0.1, 0.15) is 6.10 Å². The maximum atomic E-state index is 12.7. The van der Waals surface area contributed by atoms with Crippen LogP contribution in [0.3, 0.4) is 0 Å². The fraction of sp³-hybridized carbons (Fsp3) is 0.273. The first-order chi connectivity index (χ1) is 14.7. The number of aryl methyl sites for hydroxylation is 1. The van der Waals surface area contributed by atoms with Gasteiger partial charge >= 0.3 is 0 Å². The minimum absolute atomic E-state index is 0.0606. The number of carbonyl (C=O) groups is 1. The number of carbonyl (C=O) groups excluding carboxylic acids is 1. The highest BCUT2D eigenvalue weighted by Gasteiger charge is 2.28. The normalized spacial score (nSPS) is 16.8. The second-order valence-electron chi connectivity index (χ2n) is 7.43. The zero-order chi connectivity index (χ0) is 20.5. The molecule has 4 aromatic rings. The first kappa shape index (κ1) is 18.5. The van der Waals surface area contributed by atoms with Gasteiger partial charge in [-0.25, -0.2) is 4.98 Å². The van der Waals surface area contributed by atoms with Gasteiger partial charge in [-0.05, 0) is 35.4 Å². The van der Waals surface area contributed by atoms with Crippen LogP contribution in [-0.2, 0) is 23.0 Å². The van der Waals surface area contributed by atoms with Gasteiger partial charge in [0.25, 0.3) is 0 Å². The smallest absolute Gasteiger partial charge is 0.228 e. The molecule has 1 fully saturated rings. The standard InChI is InChI=1S/C22H22N6O2/c1-26-9-6-18(25-26)12-21(29)27-10-11-30-20(14-27)22-19-3-2-17(13-28(19)15-24-22)16-4-7-23-8-5-16/h2-9,13,15,20H,10-12,14H2,1H3/t20-/m0/s1. The van der Waals surface area contributed by atoms with Crippen molar-refractivity contribution >= 4 is 11.4 Å². The zero-order valence-corrected chi connectivity index (χ0v) is 16.7. The summed E-state index contributed by atoms with van der Waals surface area (Å²) in [7, 11) is 1.85. The number of rotatable bonds is 4. The topological polar surface area (TPSA) is 77.5 Å². The molecule has 1 atom stereocenters. The molecule has 0 radical (unpaired) electrons. The molecule has 0 N–H and O–H groups in total. The van der Waals surface area contributed by atoms with E-state index in [-0.39, 0.29) is 12.0 Å². The zero-order valence-electron chi connectivity index (χ0n) is 16.7. The first-order valence-corrected chi connectivity index (χ1v) is 9.92. The van der Waals surface area contributed by atoms with Gasteiger partial charge in [-0.2, -0.15) is 5.10 Å². The third kappa shape index (κ3) is 3.57. The second-order valence-corrected chi connectivity index (χ2v) is 7.43. The highest BCUT2D eigenvalue weighted by Crippen LogP contribution is 2.27. The van der Waals surface area contributed by atoms with Gasteiger partial charge in [-0.15, -0.1) is 0 Å². The number of nitrogens with zero attached hydrogens (tertiary/aromatic N) is 6. The molecule has 0 aromatic carbocycles. The predicted octanol–water partition coefficient (Wildman–Crippen LogP) is 2.27. The Morgan fingerprint density at radius 1 is 1.17 bits per heavy atom. The average Bonchev–Trinajstić information content (AvgIpc) is 3.39. The molecule has 0 saturated carbocycles. The van der Waals surface area contributed by atoms with Crippen LogP contribution in [0.5, 0.6) is 0 Å². The summed E-state index contributed by atoms with van der Waals surface area (Å²) in [6, 6.07) is 9.96. The Hall–Kier alpha value is -3.52. The Kier molecular flexibility index (Phi) is 4.76. The number of hydrogen-bond acceptors (Lipinski definition) is 5. The van der Waals surface area contributed by atoms with Crippen molar-refractivity contribution in [2.75, 3.05) is 19.7 Å². The molecular formula is C22H22N6O2. The molecule has 8 nitrogen and oxygen atoms in total. The van der Waals surface area contributed by atoms with E-state index in [1.807, 2.05) is 46.9 Å². The largest absolute Gasteiger partial charge is 0.368 e. The quantitative estimate of drug-likeness (QED) is 0.523. The summed E-state index contributed by atoms with van der Waals surface area (Å²) < 4.78 is 9.70. The lowest BCUT2D eigenvalue weighted by Gasteiger charge is -2.32. The van der Waals surface area contributed by atoms with Crippen molar-refractivity contribution < 1.29 is 9.53 Å². The third-order valence-electron chi connectivity index (χ3n) is 5.40. The van der Waals surface area contributed by atoms with E-state index in [1.165, 1.54) is 0 Å². The summed E-state index contributed by atoms with van der Waals surface area (Å²) in [4.78, 5) is 23.3. The number of morpholine rings is 1. The highest BCUT2D eigenvalue weighted by atomic mass is 16.5. The van der Waals surface area contributed by atoms with E-state index in [9.17, 15) is 4.79 Å². The van der Waals surface area contributed by atoms with Crippen LogP contribution in [0.15, 0.2) is 61.4 Å². The lowest BCUT2D eigenvalue weighted by atomic mass is 10.1. The molecule has 152 valence electrons. The molecule has 0 spiro atoms. The number of imidazole rings is 1.